The van der Waals surface area contributed by atoms with Crippen molar-refractivity contribution in [2.24, 2.45) is 0 Å². The minimum Gasteiger partial charge on any atom is -0.352 e. The first-order valence-corrected chi connectivity index (χ1v) is 6.41. The van der Waals surface area contributed by atoms with Gasteiger partial charge in [-0.15, -0.1) is 0 Å². The number of nitrogens with zero attached hydrogens (tertiary/aromatic N) is 2. The van der Waals surface area contributed by atoms with Gasteiger partial charge in [0.25, 0.3) is 0 Å². The van der Waals surface area contributed by atoms with Crippen molar-refractivity contribution in [3.63, 3.8) is 0 Å². The molecule has 4 nitrogen and oxygen atoms in total. The molecule has 0 spiro atoms. The Bertz CT molecular complexity index is 621. The molecule has 0 aliphatic heterocycles. The van der Waals surface area contributed by atoms with Gasteiger partial charge in [0, 0.05) is 31.4 Å². The zero-order valence-electron chi connectivity index (χ0n) is 11.6. The molecule has 0 aliphatic carbocycles. The molecule has 2 aromatic rings. The lowest BCUT2D eigenvalue weighted by Gasteiger charge is -2.00. The van der Waals surface area contributed by atoms with Crippen LogP contribution in [-0.2, 0) is 11.2 Å². The van der Waals surface area contributed by atoms with E-state index >= 15 is 0 Å². The molecule has 0 radical (unpaired) electrons. The van der Waals surface area contributed by atoms with E-state index < -0.39 is 0 Å². The minimum atomic E-state index is -0.0420. The number of carbonyl (C=O) groups is 1. The van der Waals surface area contributed by atoms with E-state index in [4.69, 9.17) is 0 Å². The van der Waals surface area contributed by atoms with Crippen molar-refractivity contribution in [2.75, 3.05) is 6.54 Å². The maximum absolute atomic E-state index is 11.4. The van der Waals surface area contributed by atoms with Gasteiger partial charge in [-0.25, -0.2) is 4.98 Å². The first kappa shape index (κ1) is 13.3. The number of nitrogens with one attached hydrogen (secondary N) is 1. The highest BCUT2D eigenvalue weighted by Gasteiger charge is 2.02. The number of aryl methyl sites for hydroxylation is 1. The second-order valence-electron chi connectivity index (χ2n) is 4.96. The summed E-state index contributed by atoms with van der Waals surface area (Å²) in [6, 6.07) is 4.10. The molecule has 4 heteroatoms. The third-order valence-corrected chi connectivity index (χ3v) is 2.77. The van der Waals surface area contributed by atoms with Gasteiger partial charge in [-0.3, -0.25) is 4.79 Å². The fourth-order valence-electron chi connectivity index (χ4n) is 1.88. The van der Waals surface area contributed by atoms with Crippen LogP contribution in [0.2, 0.25) is 0 Å². The van der Waals surface area contributed by atoms with E-state index in [9.17, 15) is 4.79 Å². The predicted octanol–water partition coefficient (Wildman–Crippen LogP) is 2.27. The Morgan fingerprint density at radius 3 is 3.00 bits per heavy atom. The number of hydrogen-bond donors (Lipinski definition) is 1. The Labute approximate surface area is 113 Å². The van der Waals surface area contributed by atoms with Gasteiger partial charge in [-0.2, -0.15) is 0 Å². The van der Waals surface area contributed by atoms with Gasteiger partial charge in [0.05, 0.1) is 5.69 Å². The fraction of sp³-hybridized carbons (Fsp3) is 0.333. The smallest absolute Gasteiger partial charge is 0.243 e. The third-order valence-electron chi connectivity index (χ3n) is 2.77. The van der Waals surface area contributed by atoms with E-state index in [2.05, 4.69) is 16.4 Å². The van der Waals surface area contributed by atoms with Crippen LogP contribution >= 0.6 is 0 Å². The quantitative estimate of drug-likeness (QED) is 0.854. The molecule has 2 heterocycles. The molecule has 0 fully saturated rings. The van der Waals surface area contributed by atoms with Crippen molar-refractivity contribution in [2.45, 2.75) is 27.2 Å². The topological polar surface area (TPSA) is 46.4 Å². The van der Waals surface area contributed by atoms with E-state index in [1.165, 1.54) is 5.56 Å². The van der Waals surface area contributed by atoms with Gasteiger partial charge in [0.15, 0.2) is 0 Å². The van der Waals surface area contributed by atoms with Crippen LogP contribution in [-0.4, -0.2) is 21.8 Å². The molecule has 19 heavy (non-hydrogen) atoms. The summed E-state index contributed by atoms with van der Waals surface area (Å²) in [5, 5.41) is 2.85. The van der Waals surface area contributed by atoms with Crippen LogP contribution in [0.3, 0.4) is 0 Å². The van der Waals surface area contributed by atoms with Crippen LogP contribution in [0.4, 0.5) is 0 Å². The van der Waals surface area contributed by atoms with Crippen LogP contribution in [0.5, 0.6) is 0 Å². The number of fused-ring (bicyclic) bond motifs is 1. The lowest BCUT2D eigenvalue weighted by molar-refractivity contribution is -0.116. The third kappa shape index (κ3) is 3.68. The monoisotopic (exact) mass is 257 g/mol. The van der Waals surface area contributed by atoms with E-state index in [-0.39, 0.29) is 5.91 Å². The van der Waals surface area contributed by atoms with Crippen molar-refractivity contribution in [3.05, 3.63) is 47.4 Å². The SMILES string of the molecule is CC(C)=CC(=O)NCCc1cn2ccc(C)cc2n1. The summed E-state index contributed by atoms with van der Waals surface area (Å²) in [6.45, 7) is 6.47. The van der Waals surface area contributed by atoms with E-state index in [1.54, 1.807) is 6.08 Å². The summed E-state index contributed by atoms with van der Waals surface area (Å²) in [5.41, 5.74) is 4.14. The minimum absolute atomic E-state index is 0.0420. The summed E-state index contributed by atoms with van der Waals surface area (Å²) >= 11 is 0. The summed E-state index contributed by atoms with van der Waals surface area (Å²) in [7, 11) is 0. The van der Waals surface area contributed by atoms with Crippen LogP contribution in [0.25, 0.3) is 5.65 Å². The van der Waals surface area contributed by atoms with Crippen LogP contribution in [0.15, 0.2) is 36.2 Å². The molecule has 0 saturated heterocycles. The standard InChI is InChI=1S/C15H19N3O/c1-11(2)8-15(19)16-6-4-13-10-18-7-5-12(3)9-14(18)17-13/h5,7-10H,4,6H2,1-3H3,(H,16,19). The van der Waals surface area contributed by atoms with Gasteiger partial charge >= 0.3 is 0 Å². The predicted molar refractivity (Wildman–Crippen MR) is 76.1 cm³/mol. The Hall–Kier alpha value is -2.10. The maximum Gasteiger partial charge on any atom is 0.243 e. The Balaban J connectivity index is 1.95. The molecule has 2 aromatic heterocycles. The molecule has 100 valence electrons. The van der Waals surface area contributed by atoms with Crippen LogP contribution < -0.4 is 5.32 Å². The van der Waals surface area contributed by atoms with Crippen molar-refractivity contribution >= 4 is 11.6 Å². The Morgan fingerprint density at radius 1 is 1.47 bits per heavy atom. The lowest BCUT2D eigenvalue weighted by Crippen LogP contribution is -2.23. The average Bonchev–Trinajstić information content (AvgIpc) is 2.69. The molecule has 0 saturated carbocycles. The first-order valence-electron chi connectivity index (χ1n) is 6.41. The van der Waals surface area contributed by atoms with Gasteiger partial charge in [0.2, 0.25) is 5.91 Å². The molecule has 0 aromatic carbocycles. The molecule has 2 rings (SSSR count). The van der Waals surface area contributed by atoms with Crippen molar-refractivity contribution in [3.8, 4) is 0 Å². The molecular formula is C15H19N3O. The van der Waals surface area contributed by atoms with Crippen molar-refractivity contribution in [1.29, 1.82) is 0 Å². The Kier molecular flexibility index (Phi) is 4.00. The highest BCUT2D eigenvalue weighted by molar-refractivity contribution is 5.87. The van der Waals surface area contributed by atoms with Crippen molar-refractivity contribution in [1.82, 2.24) is 14.7 Å². The molecule has 0 atom stereocenters. The zero-order valence-corrected chi connectivity index (χ0v) is 11.6. The van der Waals surface area contributed by atoms with Gasteiger partial charge < -0.3 is 9.72 Å². The molecule has 0 unspecified atom stereocenters. The maximum atomic E-state index is 11.4. The second kappa shape index (κ2) is 5.69. The first-order chi connectivity index (χ1) is 9.04. The normalized spacial score (nSPS) is 10.5. The van der Waals surface area contributed by atoms with Crippen LogP contribution in [0, 0.1) is 6.92 Å². The number of pyridine rings is 1. The molecule has 0 bridgehead atoms. The van der Waals surface area contributed by atoms with E-state index in [0.717, 1.165) is 23.3 Å². The number of rotatable bonds is 4. The number of allylic oxidation sites excluding steroid dienone is 1. The van der Waals surface area contributed by atoms with Gasteiger partial charge in [-0.1, -0.05) is 5.57 Å². The number of carbonyl (C=O) groups excluding carboxylic acids is 1. The van der Waals surface area contributed by atoms with E-state index in [0.29, 0.717) is 6.54 Å². The summed E-state index contributed by atoms with van der Waals surface area (Å²) in [5.74, 6) is -0.0420. The lowest BCUT2D eigenvalue weighted by atomic mass is 10.3. The highest BCUT2D eigenvalue weighted by atomic mass is 16.1. The van der Waals surface area contributed by atoms with Crippen molar-refractivity contribution < 1.29 is 4.79 Å². The van der Waals surface area contributed by atoms with Crippen LogP contribution in [0.1, 0.15) is 25.1 Å². The number of imidazole rings is 1. The summed E-state index contributed by atoms with van der Waals surface area (Å²) in [6.07, 6.45) is 6.35. The molecule has 1 N–H and O–H groups in total. The largest absolute Gasteiger partial charge is 0.352 e. The molecule has 1 amide bonds. The fourth-order valence-corrected chi connectivity index (χ4v) is 1.88. The summed E-state index contributed by atoms with van der Waals surface area (Å²) < 4.78 is 2.00. The number of amides is 1. The highest BCUT2D eigenvalue weighted by Crippen LogP contribution is 2.07. The number of hydrogen-bond acceptors (Lipinski definition) is 2. The zero-order chi connectivity index (χ0) is 13.8. The second-order valence-corrected chi connectivity index (χ2v) is 4.96. The molecule has 0 aliphatic rings. The average molecular weight is 257 g/mol. The van der Waals surface area contributed by atoms with Gasteiger partial charge in [0.1, 0.15) is 5.65 Å². The van der Waals surface area contributed by atoms with E-state index in [1.807, 2.05) is 43.6 Å². The van der Waals surface area contributed by atoms with Gasteiger partial charge in [-0.05, 0) is 38.5 Å². The molecular weight excluding hydrogens is 238 g/mol. The summed E-state index contributed by atoms with van der Waals surface area (Å²) in [4.78, 5) is 16.0. The number of aromatic nitrogens is 2. The Morgan fingerprint density at radius 2 is 2.26 bits per heavy atom.